The molecular formula is C11H18N2O3S. The van der Waals surface area contributed by atoms with E-state index in [9.17, 15) is 8.42 Å². The Labute approximate surface area is 102 Å². The number of nitrogens with one attached hydrogen (secondary N) is 1. The maximum atomic E-state index is 11.9. The van der Waals surface area contributed by atoms with Crippen LogP contribution in [0.25, 0.3) is 0 Å². The molecule has 1 aromatic rings. The minimum Gasteiger partial charge on any atom is -0.399 e. The molecule has 5 nitrogen and oxygen atoms in total. The fourth-order valence-electron chi connectivity index (χ4n) is 1.21. The van der Waals surface area contributed by atoms with Crippen LogP contribution in [-0.2, 0) is 14.8 Å². The largest absolute Gasteiger partial charge is 0.399 e. The van der Waals surface area contributed by atoms with Crippen molar-refractivity contribution in [2.24, 2.45) is 0 Å². The second-order valence-corrected chi connectivity index (χ2v) is 5.68. The third-order valence-electron chi connectivity index (χ3n) is 2.51. The van der Waals surface area contributed by atoms with Crippen molar-refractivity contribution >= 4 is 15.7 Å². The number of hydrogen-bond donors (Lipinski definition) is 2. The van der Waals surface area contributed by atoms with Crippen molar-refractivity contribution in [3.63, 3.8) is 0 Å². The topological polar surface area (TPSA) is 81.4 Å². The molecule has 1 aromatic carbocycles. The third-order valence-corrected chi connectivity index (χ3v) is 3.94. The molecule has 0 aromatic heterocycles. The Morgan fingerprint density at radius 1 is 1.47 bits per heavy atom. The number of nitrogens with two attached hydrogens (primary N) is 1. The maximum Gasteiger partial charge on any atom is 0.240 e. The molecule has 0 aliphatic heterocycles. The van der Waals surface area contributed by atoms with E-state index in [1.54, 1.807) is 26.0 Å². The summed E-state index contributed by atoms with van der Waals surface area (Å²) in [5.41, 5.74) is 6.96. The second-order valence-electron chi connectivity index (χ2n) is 3.92. The highest BCUT2D eigenvalue weighted by Crippen LogP contribution is 2.16. The van der Waals surface area contributed by atoms with E-state index in [0.29, 0.717) is 5.69 Å². The predicted molar refractivity (Wildman–Crippen MR) is 67.3 cm³/mol. The van der Waals surface area contributed by atoms with Crippen LogP contribution in [0.2, 0.25) is 0 Å². The van der Waals surface area contributed by atoms with E-state index < -0.39 is 10.0 Å². The molecule has 1 atom stereocenters. The number of aryl methyl sites for hydroxylation is 1. The maximum absolute atomic E-state index is 11.9. The summed E-state index contributed by atoms with van der Waals surface area (Å²) < 4.78 is 31.3. The van der Waals surface area contributed by atoms with Crippen molar-refractivity contribution in [3.8, 4) is 0 Å². The van der Waals surface area contributed by atoms with Crippen molar-refractivity contribution in [2.75, 3.05) is 19.4 Å². The first-order chi connectivity index (χ1) is 7.86. The highest BCUT2D eigenvalue weighted by Gasteiger charge is 2.15. The third kappa shape index (κ3) is 3.69. The summed E-state index contributed by atoms with van der Waals surface area (Å²) in [6.07, 6.45) is -0.167. The standard InChI is InChI=1S/C11H18N2O3S/c1-8-6-10(4-5-11(8)12)17(14,15)13-7-9(2)16-3/h4-6,9,13H,7,12H2,1-3H3. The van der Waals surface area contributed by atoms with Gasteiger partial charge in [0, 0.05) is 19.3 Å². The van der Waals surface area contributed by atoms with Crippen molar-refractivity contribution < 1.29 is 13.2 Å². The SMILES string of the molecule is COC(C)CNS(=O)(=O)c1ccc(N)c(C)c1. The monoisotopic (exact) mass is 258 g/mol. The highest BCUT2D eigenvalue weighted by atomic mass is 32.2. The number of rotatable bonds is 5. The van der Waals surface area contributed by atoms with E-state index in [1.165, 1.54) is 13.2 Å². The molecule has 0 aliphatic rings. The van der Waals surface area contributed by atoms with E-state index in [1.807, 2.05) is 0 Å². The number of anilines is 1. The van der Waals surface area contributed by atoms with Gasteiger partial charge in [-0.25, -0.2) is 13.1 Å². The molecule has 0 heterocycles. The number of nitrogen functional groups attached to an aromatic ring is 1. The van der Waals surface area contributed by atoms with Crippen LogP contribution in [0.3, 0.4) is 0 Å². The quantitative estimate of drug-likeness (QED) is 0.769. The molecule has 0 saturated heterocycles. The Hall–Kier alpha value is -1.11. The lowest BCUT2D eigenvalue weighted by Gasteiger charge is -2.12. The van der Waals surface area contributed by atoms with Crippen molar-refractivity contribution in [2.45, 2.75) is 24.8 Å². The summed E-state index contributed by atoms with van der Waals surface area (Å²) in [6.45, 7) is 3.80. The Morgan fingerprint density at radius 3 is 2.65 bits per heavy atom. The first kappa shape index (κ1) is 14.0. The average molecular weight is 258 g/mol. The Kier molecular flexibility index (Phi) is 4.50. The van der Waals surface area contributed by atoms with Gasteiger partial charge in [0.2, 0.25) is 10.0 Å². The van der Waals surface area contributed by atoms with Gasteiger partial charge >= 0.3 is 0 Å². The molecule has 6 heteroatoms. The Bertz CT molecular complexity index is 485. The molecule has 1 rings (SSSR count). The zero-order valence-corrected chi connectivity index (χ0v) is 11.0. The molecule has 0 bridgehead atoms. The van der Waals surface area contributed by atoms with Crippen LogP contribution >= 0.6 is 0 Å². The van der Waals surface area contributed by atoms with Gasteiger partial charge in [0.1, 0.15) is 0 Å². The van der Waals surface area contributed by atoms with Crippen LogP contribution in [0.5, 0.6) is 0 Å². The molecule has 0 saturated carbocycles. The molecule has 96 valence electrons. The number of benzene rings is 1. The molecule has 3 N–H and O–H groups in total. The summed E-state index contributed by atoms with van der Waals surface area (Å²) in [4.78, 5) is 0.215. The number of methoxy groups -OCH3 is 1. The van der Waals surface area contributed by atoms with Gasteiger partial charge < -0.3 is 10.5 Å². The Morgan fingerprint density at radius 2 is 2.12 bits per heavy atom. The van der Waals surface area contributed by atoms with Gasteiger partial charge in [-0.05, 0) is 37.6 Å². The smallest absolute Gasteiger partial charge is 0.240 e. The summed E-state index contributed by atoms with van der Waals surface area (Å²) in [5, 5.41) is 0. The van der Waals surface area contributed by atoms with Crippen molar-refractivity contribution in [3.05, 3.63) is 23.8 Å². The van der Waals surface area contributed by atoms with E-state index >= 15 is 0 Å². The minimum absolute atomic E-state index is 0.167. The minimum atomic E-state index is -3.49. The zero-order chi connectivity index (χ0) is 13.1. The van der Waals surface area contributed by atoms with Gasteiger partial charge in [0.15, 0.2) is 0 Å². The lowest BCUT2D eigenvalue weighted by molar-refractivity contribution is 0.122. The molecule has 0 aliphatic carbocycles. The second kappa shape index (κ2) is 5.48. The fraction of sp³-hybridized carbons (Fsp3) is 0.455. The first-order valence-electron chi connectivity index (χ1n) is 5.25. The number of hydrogen-bond acceptors (Lipinski definition) is 4. The molecular weight excluding hydrogens is 240 g/mol. The van der Waals surface area contributed by atoms with Crippen LogP contribution in [0.4, 0.5) is 5.69 Å². The molecule has 0 fully saturated rings. The average Bonchev–Trinajstić information content (AvgIpc) is 2.29. The lowest BCUT2D eigenvalue weighted by atomic mass is 10.2. The molecule has 0 amide bonds. The van der Waals surface area contributed by atoms with E-state index in [4.69, 9.17) is 10.5 Å². The summed E-state index contributed by atoms with van der Waals surface area (Å²) in [5.74, 6) is 0. The van der Waals surface area contributed by atoms with Crippen molar-refractivity contribution in [1.82, 2.24) is 4.72 Å². The molecule has 0 radical (unpaired) electrons. The fourth-order valence-corrected chi connectivity index (χ4v) is 2.41. The molecule has 1 unspecified atom stereocenters. The van der Waals surface area contributed by atoms with Gasteiger partial charge in [-0.1, -0.05) is 0 Å². The van der Waals surface area contributed by atoms with Gasteiger partial charge in [-0.15, -0.1) is 0 Å². The van der Waals surface area contributed by atoms with Gasteiger partial charge in [0.25, 0.3) is 0 Å². The number of sulfonamides is 1. The molecule has 17 heavy (non-hydrogen) atoms. The van der Waals surface area contributed by atoms with Crippen molar-refractivity contribution in [1.29, 1.82) is 0 Å². The highest BCUT2D eigenvalue weighted by molar-refractivity contribution is 7.89. The summed E-state index contributed by atoms with van der Waals surface area (Å²) in [6, 6.07) is 4.63. The van der Waals surface area contributed by atoms with Gasteiger partial charge in [-0.2, -0.15) is 0 Å². The van der Waals surface area contributed by atoms with Gasteiger partial charge in [-0.3, -0.25) is 0 Å². The van der Waals surface area contributed by atoms with Crippen LogP contribution in [-0.4, -0.2) is 28.2 Å². The summed E-state index contributed by atoms with van der Waals surface area (Å²) >= 11 is 0. The van der Waals surface area contributed by atoms with E-state index in [0.717, 1.165) is 5.56 Å². The predicted octanol–water partition coefficient (Wildman–Crippen LogP) is 0.890. The van der Waals surface area contributed by atoms with Crippen LogP contribution in [0.15, 0.2) is 23.1 Å². The van der Waals surface area contributed by atoms with E-state index in [2.05, 4.69) is 4.72 Å². The summed E-state index contributed by atoms with van der Waals surface area (Å²) in [7, 11) is -1.96. The molecule has 0 spiro atoms. The normalized spacial score (nSPS) is 13.6. The van der Waals surface area contributed by atoms with Crippen LogP contribution < -0.4 is 10.5 Å². The lowest BCUT2D eigenvalue weighted by Crippen LogP contribution is -2.31. The Balaban J connectivity index is 2.86. The van der Waals surface area contributed by atoms with Crippen LogP contribution in [0, 0.1) is 6.92 Å². The number of ether oxygens (including phenoxy) is 1. The first-order valence-corrected chi connectivity index (χ1v) is 6.73. The van der Waals surface area contributed by atoms with E-state index in [-0.39, 0.29) is 17.5 Å². The van der Waals surface area contributed by atoms with Gasteiger partial charge in [0.05, 0.1) is 11.0 Å². The van der Waals surface area contributed by atoms with Crippen LogP contribution in [0.1, 0.15) is 12.5 Å². The zero-order valence-electron chi connectivity index (χ0n) is 10.2.